The standard InChI is InChI=1S/C7H9N3O3S/c8-7(1-2-13-4-7)6-9-3-5(14-6)10(11)12/h3H,1-2,4,8H2. The maximum absolute atomic E-state index is 10.4. The first-order valence-corrected chi connectivity index (χ1v) is 4.91. The van der Waals surface area contributed by atoms with Gasteiger partial charge in [0.2, 0.25) is 0 Å². The Balaban J connectivity index is 2.28. The molecule has 0 aliphatic carbocycles. The Labute approximate surface area is 83.9 Å². The summed E-state index contributed by atoms with van der Waals surface area (Å²) in [6.45, 7) is 0.974. The van der Waals surface area contributed by atoms with Crippen molar-refractivity contribution in [1.29, 1.82) is 0 Å². The van der Waals surface area contributed by atoms with E-state index in [4.69, 9.17) is 10.5 Å². The van der Waals surface area contributed by atoms with Gasteiger partial charge in [-0.2, -0.15) is 0 Å². The van der Waals surface area contributed by atoms with Gasteiger partial charge < -0.3 is 10.5 Å². The summed E-state index contributed by atoms with van der Waals surface area (Å²) in [4.78, 5) is 13.9. The zero-order valence-corrected chi connectivity index (χ0v) is 8.12. The molecule has 1 unspecified atom stereocenters. The van der Waals surface area contributed by atoms with E-state index in [1.807, 2.05) is 0 Å². The highest BCUT2D eigenvalue weighted by atomic mass is 32.1. The minimum Gasteiger partial charge on any atom is -0.379 e. The predicted molar refractivity (Wildman–Crippen MR) is 50.1 cm³/mol. The molecule has 14 heavy (non-hydrogen) atoms. The molecule has 0 bridgehead atoms. The van der Waals surface area contributed by atoms with Gasteiger partial charge in [-0.05, 0) is 17.8 Å². The summed E-state index contributed by atoms with van der Waals surface area (Å²) in [5.74, 6) is 0. The fourth-order valence-corrected chi connectivity index (χ4v) is 2.18. The molecule has 0 amide bonds. The first kappa shape index (κ1) is 9.50. The number of hydrogen-bond acceptors (Lipinski definition) is 6. The van der Waals surface area contributed by atoms with E-state index >= 15 is 0 Å². The van der Waals surface area contributed by atoms with Gasteiger partial charge in [0, 0.05) is 6.61 Å². The van der Waals surface area contributed by atoms with Crippen LogP contribution in [0.15, 0.2) is 6.20 Å². The second-order valence-corrected chi connectivity index (χ2v) is 4.23. The van der Waals surface area contributed by atoms with Crippen molar-refractivity contribution in [2.45, 2.75) is 12.0 Å². The summed E-state index contributed by atoms with van der Waals surface area (Å²) in [5, 5.41) is 11.0. The Kier molecular flexibility index (Phi) is 2.22. The first-order valence-electron chi connectivity index (χ1n) is 4.09. The molecule has 2 N–H and O–H groups in total. The third-order valence-corrected chi connectivity index (χ3v) is 3.32. The maximum Gasteiger partial charge on any atom is 0.344 e. The molecule has 1 atom stereocenters. The summed E-state index contributed by atoms with van der Waals surface area (Å²) in [6.07, 6.45) is 1.91. The maximum atomic E-state index is 10.4. The number of thiazole rings is 1. The quantitative estimate of drug-likeness (QED) is 0.577. The van der Waals surface area contributed by atoms with E-state index in [2.05, 4.69) is 4.98 Å². The highest BCUT2D eigenvalue weighted by Gasteiger charge is 2.36. The average molecular weight is 215 g/mol. The monoisotopic (exact) mass is 215 g/mol. The van der Waals surface area contributed by atoms with Gasteiger partial charge in [0.25, 0.3) is 0 Å². The average Bonchev–Trinajstić information content (AvgIpc) is 2.71. The summed E-state index contributed by atoms with van der Waals surface area (Å²) < 4.78 is 5.16. The fourth-order valence-electron chi connectivity index (χ4n) is 1.33. The van der Waals surface area contributed by atoms with E-state index < -0.39 is 10.5 Å². The Hall–Kier alpha value is -1.05. The van der Waals surface area contributed by atoms with Crippen LogP contribution in [0.2, 0.25) is 0 Å². The zero-order chi connectivity index (χ0) is 10.2. The molecular weight excluding hydrogens is 206 g/mol. The van der Waals surface area contributed by atoms with Crippen LogP contribution in [-0.2, 0) is 10.3 Å². The van der Waals surface area contributed by atoms with Crippen molar-refractivity contribution in [3.63, 3.8) is 0 Å². The van der Waals surface area contributed by atoms with E-state index in [1.165, 1.54) is 6.20 Å². The zero-order valence-electron chi connectivity index (χ0n) is 7.30. The van der Waals surface area contributed by atoms with Crippen LogP contribution in [0.3, 0.4) is 0 Å². The third-order valence-electron chi connectivity index (χ3n) is 2.15. The summed E-state index contributed by atoms with van der Waals surface area (Å²) >= 11 is 1.02. The molecule has 0 spiro atoms. The van der Waals surface area contributed by atoms with Crippen LogP contribution >= 0.6 is 11.3 Å². The van der Waals surface area contributed by atoms with Crippen LogP contribution in [0.1, 0.15) is 11.4 Å². The minimum absolute atomic E-state index is 0.0247. The number of aromatic nitrogens is 1. The van der Waals surface area contributed by atoms with Crippen LogP contribution < -0.4 is 5.73 Å². The van der Waals surface area contributed by atoms with E-state index in [9.17, 15) is 10.1 Å². The molecule has 1 saturated heterocycles. The Bertz CT molecular complexity index is 359. The molecule has 7 heteroatoms. The van der Waals surface area contributed by atoms with Crippen molar-refractivity contribution < 1.29 is 9.66 Å². The molecule has 0 aromatic carbocycles. The van der Waals surface area contributed by atoms with Gasteiger partial charge in [0.05, 0.1) is 17.1 Å². The molecular formula is C7H9N3O3S. The highest BCUT2D eigenvalue weighted by molar-refractivity contribution is 7.15. The van der Waals surface area contributed by atoms with Crippen molar-refractivity contribution in [3.8, 4) is 0 Å². The van der Waals surface area contributed by atoms with E-state index in [0.29, 0.717) is 24.6 Å². The molecule has 6 nitrogen and oxygen atoms in total. The molecule has 2 heterocycles. The van der Waals surface area contributed by atoms with Gasteiger partial charge in [0.15, 0.2) is 0 Å². The molecule has 1 aliphatic rings. The SMILES string of the molecule is NC1(c2ncc([N+](=O)[O-])s2)CCOC1. The summed E-state index contributed by atoms with van der Waals surface area (Å²) in [7, 11) is 0. The van der Waals surface area contributed by atoms with Gasteiger partial charge in [-0.15, -0.1) is 0 Å². The van der Waals surface area contributed by atoms with E-state index in [1.54, 1.807) is 0 Å². The van der Waals surface area contributed by atoms with Gasteiger partial charge in [-0.25, -0.2) is 4.98 Å². The molecule has 76 valence electrons. The Morgan fingerprint density at radius 2 is 2.57 bits per heavy atom. The number of nitrogens with two attached hydrogens (primary N) is 1. The number of rotatable bonds is 2. The molecule has 2 rings (SSSR count). The van der Waals surface area contributed by atoms with Crippen molar-refractivity contribution in [2.75, 3.05) is 13.2 Å². The van der Waals surface area contributed by atoms with Crippen LogP contribution in [0.4, 0.5) is 5.00 Å². The van der Waals surface area contributed by atoms with Crippen LogP contribution in [0, 0.1) is 10.1 Å². The minimum atomic E-state index is -0.626. The number of nitro groups is 1. The molecule has 1 aliphatic heterocycles. The lowest BCUT2D eigenvalue weighted by molar-refractivity contribution is -0.380. The van der Waals surface area contributed by atoms with Gasteiger partial charge in [-0.1, -0.05) is 0 Å². The Morgan fingerprint density at radius 1 is 1.79 bits per heavy atom. The molecule has 0 saturated carbocycles. The van der Waals surface area contributed by atoms with Gasteiger partial charge in [-0.3, -0.25) is 10.1 Å². The molecule has 1 fully saturated rings. The second-order valence-electron chi connectivity index (χ2n) is 3.22. The lowest BCUT2D eigenvalue weighted by atomic mass is 10.0. The van der Waals surface area contributed by atoms with Crippen molar-refractivity contribution in [2.24, 2.45) is 5.73 Å². The number of nitrogens with zero attached hydrogens (tertiary/aromatic N) is 2. The van der Waals surface area contributed by atoms with Crippen LogP contribution in [0.5, 0.6) is 0 Å². The summed E-state index contributed by atoms with van der Waals surface area (Å²) in [6, 6.07) is 0. The smallest absolute Gasteiger partial charge is 0.344 e. The molecule has 1 aromatic rings. The van der Waals surface area contributed by atoms with Crippen molar-refractivity contribution in [1.82, 2.24) is 4.98 Å². The summed E-state index contributed by atoms with van der Waals surface area (Å²) in [5.41, 5.74) is 5.37. The van der Waals surface area contributed by atoms with E-state index in [0.717, 1.165) is 11.3 Å². The van der Waals surface area contributed by atoms with Crippen molar-refractivity contribution >= 4 is 16.3 Å². The number of ether oxygens (including phenoxy) is 1. The second kappa shape index (κ2) is 3.26. The normalized spacial score (nSPS) is 26.6. The first-order chi connectivity index (χ1) is 6.62. The van der Waals surface area contributed by atoms with Crippen LogP contribution in [-0.4, -0.2) is 23.1 Å². The largest absolute Gasteiger partial charge is 0.379 e. The van der Waals surface area contributed by atoms with Crippen molar-refractivity contribution in [3.05, 3.63) is 21.3 Å². The third kappa shape index (κ3) is 1.49. The molecule has 1 aromatic heterocycles. The van der Waals surface area contributed by atoms with E-state index in [-0.39, 0.29) is 5.00 Å². The Morgan fingerprint density at radius 3 is 3.07 bits per heavy atom. The lowest BCUT2D eigenvalue weighted by Gasteiger charge is -2.17. The predicted octanol–water partition coefficient (Wildman–Crippen LogP) is 0.626. The topological polar surface area (TPSA) is 91.3 Å². The number of hydrogen-bond donors (Lipinski definition) is 1. The van der Waals surface area contributed by atoms with Gasteiger partial charge >= 0.3 is 5.00 Å². The lowest BCUT2D eigenvalue weighted by Crippen LogP contribution is -2.36. The highest BCUT2D eigenvalue weighted by Crippen LogP contribution is 2.33. The molecule has 0 radical (unpaired) electrons. The fraction of sp³-hybridized carbons (Fsp3) is 0.571. The van der Waals surface area contributed by atoms with Gasteiger partial charge in [0.1, 0.15) is 11.2 Å². The van der Waals surface area contributed by atoms with Crippen LogP contribution in [0.25, 0.3) is 0 Å².